The van der Waals surface area contributed by atoms with Crippen LogP contribution in [0.3, 0.4) is 0 Å². The van der Waals surface area contributed by atoms with E-state index in [1.807, 2.05) is 48.5 Å². The van der Waals surface area contributed by atoms with Crippen molar-refractivity contribution in [2.75, 3.05) is 91.2 Å². The van der Waals surface area contributed by atoms with Gasteiger partial charge in [0.25, 0.3) is 0 Å². The van der Waals surface area contributed by atoms with E-state index in [0.29, 0.717) is 45.7 Å². The smallest absolute Gasteiger partial charge is 0.501 e. The summed E-state index contributed by atoms with van der Waals surface area (Å²) < 4.78 is 71.2. The number of rotatable bonds is 22. The summed E-state index contributed by atoms with van der Waals surface area (Å²) in [6.45, 7) is 22.5. The molecule has 4 bridgehead atoms. The molecule has 4 fully saturated rings. The monoisotopic (exact) mass is 831 g/mol. The normalized spacial score (nSPS) is 23.1. The van der Waals surface area contributed by atoms with Crippen molar-refractivity contribution in [3.63, 3.8) is 0 Å². The van der Waals surface area contributed by atoms with Gasteiger partial charge in [0, 0.05) is 70.7 Å². The fourth-order valence-corrected chi connectivity index (χ4v) is 19.5. The summed E-state index contributed by atoms with van der Waals surface area (Å²) in [7, 11) is -10.3. The fourth-order valence-electron chi connectivity index (χ4n) is 7.68. The quantitative estimate of drug-likeness (QED) is 0.0649. The number of hydrogen-bond donors (Lipinski definition) is 0. The van der Waals surface area contributed by atoms with Gasteiger partial charge in [0.05, 0.1) is 18.1 Å². The Labute approximate surface area is 324 Å². The summed E-state index contributed by atoms with van der Waals surface area (Å²) in [6.07, 6.45) is 6.10. The van der Waals surface area contributed by atoms with Gasteiger partial charge in [-0.1, -0.05) is 42.0 Å². The van der Waals surface area contributed by atoms with Crippen LogP contribution in [0.5, 0.6) is 0 Å². The van der Waals surface area contributed by atoms with E-state index < -0.39 is 35.6 Å². The first kappa shape index (κ1) is 45.0. The van der Waals surface area contributed by atoms with E-state index in [9.17, 15) is 13.0 Å². The fraction of sp³-hybridized carbons (Fsp3) is 0.667. The highest BCUT2D eigenvalue weighted by molar-refractivity contribution is 7.85. The SMILES string of the molecule is CCO[Si](CCC[N+]12CN3CN(CP(C3)C1)C2)(OCC)OCC.CCO[Si](CCP(c1ccc(C)cc1)c1ccc(S(=O)(=O)[O-])cc1)(OCC)OCC. The van der Waals surface area contributed by atoms with Crippen LogP contribution in [-0.2, 0) is 36.7 Å². The zero-order valence-electron chi connectivity index (χ0n) is 33.0. The maximum atomic E-state index is 11.3. The molecule has 3 unspecified atom stereocenters. The predicted octanol–water partition coefficient (Wildman–Crippen LogP) is 5.49. The van der Waals surface area contributed by atoms with E-state index in [-0.39, 0.29) is 12.8 Å². The summed E-state index contributed by atoms with van der Waals surface area (Å²) in [5.74, 6) is 0. The average molecular weight is 832 g/mol. The van der Waals surface area contributed by atoms with Gasteiger partial charge < -0.3 is 31.1 Å². The number of benzene rings is 2. The summed E-state index contributed by atoms with van der Waals surface area (Å²) in [6, 6.07) is 16.2. The Hall–Kier alpha value is -0.716. The molecule has 4 aliphatic rings. The Balaban J connectivity index is 0.000000244. The van der Waals surface area contributed by atoms with Gasteiger partial charge in [-0.15, -0.1) is 0 Å². The number of aryl methyl sites for hydroxylation is 1. The minimum Gasteiger partial charge on any atom is -0.744 e. The molecule has 4 heterocycles. The highest BCUT2D eigenvalue weighted by atomic mass is 32.2. The number of quaternary nitrogens is 1. The first-order valence-electron chi connectivity index (χ1n) is 19.1. The lowest BCUT2D eigenvalue weighted by molar-refractivity contribution is -0.948. The highest BCUT2D eigenvalue weighted by Gasteiger charge is 2.50. The Morgan fingerprint density at radius 2 is 1.15 bits per heavy atom. The van der Waals surface area contributed by atoms with Crippen LogP contribution in [0.4, 0.5) is 0 Å². The van der Waals surface area contributed by atoms with Crippen LogP contribution in [0, 0.1) is 6.92 Å². The Kier molecular flexibility index (Phi) is 18.0. The van der Waals surface area contributed by atoms with Crippen molar-refractivity contribution in [3.8, 4) is 0 Å². The number of hydrogen-bond acceptors (Lipinski definition) is 11. The molecule has 0 saturated carbocycles. The lowest BCUT2D eigenvalue weighted by Gasteiger charge is -2.60. The molecule has 2 aromatic rings. The van der Waals surface area contributed by atoms with Gasteiger partial charge in [0.2, 0.25) is 0 Å². The second kappa shape index (κ2) is 21.2. The molecule has 0 amide bonds. The molecule has 3 atom stereocenters. The average Bonchev–Trinajstić information content (AvgIpc) is 3.09. The Morgan fingerprint density at radius 1 is 0.717 bits per heavy atom. The molecule has 300 valence electrons. The molecule has 0 aromatic heterocycles. The molecule has 0 N–H and O–H groups in total. The van der Waals surface area contributed by atoms with Crippen LogP contribution in [0.1, 0.15) is 53.5 Å². The van der Waals surface area contributed by atoms with Gasteiger partial charge in [-0.05, 0) is 93.2 Å². The van der Waals surface area contributed by atoms with E-state index in [0.717, 1.165) is 23.9 Å². The molecule has 53 heavy (non-hydrogen) atoms. The van der Waals surface area contributed by atoms with Gasteiger partial charge in [-0.3, -0.25) is 4.48 Å². The van der Waals surface area contributed by atoms with Crippen molar-refractivity contribution in [2.45, 2.75) is 71.9 Å². The molecule has 12 nitrogen and oxygen atoms in total. The standard InChI is InChI=1S/C21H31O6PSSi.C15H33N3O3PSi/c1-5-25-30(26-6-2,27-7-3)17-16-28(19-10-8-18(4)9-11-19)20-12-14-21(15-13-20)29(22,23)24;1-4-19-23(20-5-2,21-6-3)9-7-8-18-11-16-10-17(12-18)14-22(13-16)15-18/h8-15H,5-7,16-17H2,1-4H3,(H,22,23,24);4-15H2,1-3H3/q;+1/p-1. The molecule has 4 aliphatic heterocycles. The van der Waals surface area contributed by atoms with Gasteiger partial charge in [-0.2, -0.15) is 0 Å². The van der Waals surface area contributed by atoms with E-state index >= 15 is 0 Å². The molecular formula is C36H63N3O9P2SSi2. The summed E-state index contributed by atoms with van der Waals surface area (Å²) in [5, 5.41) is 2.16. The minimum atomic E-state index is -4.47. The van der Waals surface area contributed by atoms with Gasteiger partial charge >= 0.3 is 17.6 Å². The van der Waals surface area contributed by atoms with Crippen LogP contribution in [0.15, 0.2) is 53.4 Å². The van der Waals surface area contributed by atoms with Crippen LogP contribution in [-0.4, -0.2) is 136 Å². The van der Waals surface area contributed by atoms with Gasteiger partial charge in [-0.25, -0.2) is 18.2 Å². The maximum Gasteiger partial charge on any atom is 0.501 e. The molecule has 6 rings (SSSR count). The van der Waals surface area contributed by atoms with Crippen LogP contribution in [0.25, 0.3) is 0 Å². The zero-order chi connectivity index (χ0) is 38.5. The first-order chi connectivity index (χ1) is 25.4. The molecule has 4 saturated heterocycles. The molecule has 0 spiro atoms. The molecular weight excluding hydrogens is 769 g/mol. The third-order valence-electron chi connectivity index (χ3n) is 9.43. The van der Waals surface area contributed by atoms with Crippen molar-refractivity contribution in [3.05, 3.63) is 54.1 Å². The van der Waals surface area contributed by atoms with Crippen molar-refractivity contribution in [2.24, 2.45) is 0 Å². The van der Waals surface area contributed by atoms with Crippen molar-refractivity contribution >= 4 is 54.2 Å². The van der Waals surface area contributed by atoms with Crippen molar-refractivity contribution in [1.82, 2.24) is 9.80 Å². The van der Waals surface area contributed by atoms with Crippen molar-refractivity contribution in [1.29, 1.82) is 0 Å². The second-order valence-electron chi connectivity index (χ2n) is 13.7. The van der Waals surface area contributed by atoms with Gasteiger partial charge in [0.1, 0.15) is 29.7 Å². The topological polar surface area (TPSA) is 119 Å². The summed E-state index contributed by atoms with van der Waals surface area (Å²) in [5.41, 5.74) is 1.17. The van der Waals surface area contributed by atoms with E-state index in [1.165, 1.54) is 72.9 Å². The van der Waals surface area contributed by atoms with Gasteiger partial charge in [0.15, 0.2) is 0 Å². The molecule has 0 aliphatic carbocycles. The minimum absolute atomic E-state index is 0.216. The van der Waals surface area contributed by atoms with Crippen LogP contribution in [0.2, 0.25) is 12.1 Å². The van der Waals surface area contributed by atoms with Crippen molar-refractivity contribution < 1.29 is 44.0 Å². The molecule has 17 heteroatoms. The second-order valence-corrected chi connectivity index (χ2v) is 25.0. The lowest BCUT2D eigenvalue weighted by atomic mass is 10.2. The van der Waals surface area contributed by atoms with E-state index in [1.54, 1.807) is 12.1 Å². The highest BCUT2D eigenvalue weighted by Crippen LogP contribution is 2.51. The maximum absolute atomic E-state index is 11.3. The Bertz CT molecular complexity index is 1420. The zero-order valence-corrected chi connectivity index (χ0v) is 37.6. The molecule has 2 aromatic carbocycles. The van der Waals surface area contributed by atoms with Crippen LogP contribution < -0.4 is 10.6 Å². The Morgan fingerprint density at radius 3 is 1.57 bits per heavy atom. The largest absolute Gasteiger partial charge is 0.744 e. The summed E-state index contributed by atoms with van der Waals surface area (Å²) in [4.78, 5) is 5.12. The third kappa shape index (κ3) is 12.9. The van der Waals surface area contributed by atoms with E-state index in [4.69, 9.17) is 26.6 Å². The molecule has 0 radical (unpaired) electrons. The summed E-state index contributed by atoms with van der Waals surface area (Å²) >= 11 is 0. The predicted molar refractivity (Wildman–Crippen MR) is 217 cm³/mol. The third-order valence-corrected chi connectivity index (χ3v) is 22.0. The number of nitrogens with zero attached hydrogens (tertiary/aromatic N) is 3. The lowest BCUT2D eigenvalue weighted by Crippen LogP contribution is -2.72. The van der Waals surface area contributed by atoms with Crippen LogP contribution >= 0.6 is 15.8 Å². The van der Waals surface area contributed by atoms with E-state index in [2.05, 4.69) is 34.1 Å². The first-order valence-corrected chi connectivity index (χ1v) is 27.8.